The molecule has 15 heavy (non-hydrogen) atoms. The Balaban J connectivity index is 1.87. The van der Waals surface area contributed by atoms with Crippen LogP contribution in [0.1, 0.15) is 6.42 Å². The summed E-state index contributed by atoms with van der Waals surface area (Å²) in [6, 6.07) is 0.225. The molecule has 2 saturated heterocycles. The average Bonchev–Trinajstić information content (AvgIpc) is 2.82. The lowest BCUT2D eigenvalue weighted by Gasteiger charge is -2.30. The Morgan fingerprint density at radius 3 is 2.93 bits per heavy atom. The Hall–Kier alpha value is -0.650. The second-order valence-electron chi connectivity index (χ2n) is 4.03. The van der Waals surface area contributed by atoms with E-state index in [1.54, 1.807) is 4.90 Å². The van der Waals surface area contributed by atoms with E-state index >= 15 is 0 Å². The van der Waals surface area contributed by atoms with Gasteiger partial charge in [0.15, 0.2) is 0 Å². The second-order valence-corrected chi connectivity index (χ2v) is 4.03. The lowest BCUT2D eigenvalue weighted by atomic mass is 10.2. The van der Waals surface area contributed by atoms with Crippen LogP contribution in [-0.4, -0.2) is 62.9 Å². The van der Waals surface area contributed by atoms with Crippen LogP contribution in [0.25, 0.3) is 0 Å². The number of nitrogens with zero attached hydrogens (tertiary/aromatic N) is 1. The molecule has 2 aliphatic rings. The summed E-state index contributed by atoms with van der Waals surface area (Å²) in [5, 5.41) is 3.16. The zero-order valence-electron chi connectivity index (χ0n) is 9.07. The molecule has 2 rings (SSSR count). The molecule has 2 aliphatic heterocycles. The van der Waals surface area contributed by atoms with Crippen LogP contribution in [0, 0.1) is 0 Å². The van der Waals surface area contributed by atoms with Crippen LogP contribution in [0.15, 0.2) is 0 Å². The Bertz CT molecular complexity index is 223. The van der Waals surface area contributed by atoms with Crippen LogP contribution in [0.3, 0.4) is 0 Å². The number of rotatable bonds is 2. The van der Waals surface area contributed by atoms with Crippen molar-refractivity contribution in [3.05, 3.63) is 0 Å². The number of morpholine rings is 1. The standard InChI is InChI=1S/C10H18N2O3/c1-12(8-2-4-14-7-8)10(13)9-6-11-3-5-15-9/h8-9,11H,2-7H2,1H3/t8?,9-/m0/s1. The van der Waals surface area contributed by atoms with Gasteiger partial charge in [0.25, 0.3) is 5.91 Å². The van der Waals surface area contributed by atoms with Crippen molar-refractivity contribution < 1.29 is 14.3 Å². The van der Waals surface area contributed by atoms with Gasteiger partial charge >= 0.3 is 0 Å². The molecule has 1 unspecified atom stereocenters. The third kappa shape index (κ3) is 2.48. The SMILES string of the molecule is CN(C(=O)[C@@H]1CNCCO1)C1CCOC1. The van der Waals surface area contributed by atoms with E-state index in [1.807, 2.05) is 7.05 Å². The van der Waals surface area contributed by atoms with Gasteiger partial charge in [-0.2, -0.15) is 0 Å². The van der Waals surface area contributed by atoms with Crippen molar-refractivity contribution in [2.45, 2.75) is 18.6 Å². The normalized spacial score (nSPS) is 31.5. The fourth-order valence-corrected chi connectivity index (χ4v) is 1.96. The zero-order chi connectivity index (χ0) is 10.7. The summed E-state index contributed by atoms with van der Waals surface area (Å²) in [6.45, 7) is 3.48. The summed E-state index contributed by atoms with van der Waals surface area (Å²) < 4.78 is 10.7. The van der Waals surface area contributed by atoms with Crippen molar-refractivity contribution >= 4 is 5.91 Å². The fraction of sp³-hybridized carbons (Fsp3) is 0.900. The topological polar surface area (TPSA) is 50.8 Å². The van der Waals surface area contributed by atoms with Crippen LogP contribution in [0.4, 0.5) is 0 Å². The van der Waals surface area contributed by atoms with E-state index in [2.05, 4.69) is 5.32 Å². The Labute approximate surface area is 89.7 Å². The van der Waals surface area contributed by atoms with Crippen molar-refractivity contribution in [3.8, 4) is 0 Å². The molecule has 2 fully saturated rings. The summed E-state index contributed by atoms with van der Waals surface area (Å²) in [6.07, 6.45) is 0.618. The van der Waals surface area contributed by atoms with Crippen LogP contribution >= 0.6 is 0 Å². The van der Waals surface area contributed by atoms with Gasteiger partial charge in [-0.3, -0.25) is 4.79 Å². The average molecular weight is 214 g/mol. The van der Waals surface area contributed by atoms with Crippen LogP contribution in [-0.2, 0) is 14.3 Å². The van der Waals surface area contributed by atoms with Gasteiger partial charge in [-0.25, -0.2) is 0 Å². The van der Waals surface area contributed by atoms with E-state index < -0.39 is 0 Å². The van der Waals surface area contributed by atoms with Gasteiger partial charge in [0.05, 0.1) is 19.3 Å². The van der Waals surface area contributed by atoms with Gasteiger partial charge in [0.2, 0.25) is 0 Å². The molecule has 0 aromatic rings. The number of likely N-dealkylation sites (N-methyl/N-ethyl adjacent to an activating group) is 1. The minimum atomic E-state index is -0.315. The maximum atomic E-state index is 12.0. The first-order chi connectivity index (χ1) is 7.29. The smallest absolute Gasteiger partial charge is 0.253 e. The molecule has 2 heterocycles. The fourth-order valence-electron chi connectivity index (χ4n) is 1.96. The van der Waals surface area contributed by atoms with Gasteiger partial charge in [0.1, 0.15) is 6.10 Å². The first-order valence-electron chi connectivity index (χ1n) is 5.46. The Morgan fingerprint density at radius 2 is 2.33 bits per heavy atom. The monoisotopic (exact) mass is 214 g/mol. The van der Waals surface area contributed by atoms with Gasteiger partial charge in [-0.05, 0) is 6.42 Å². The number of nitrogens with one attached hydrogen (secondary N) is 1. The van der Waals surface area contributed by atoms with Crippen molar-refractivity contribution in [3.63, 3.8) is 0 Å². The Morgan fingerprint density at radius 1 is 1.47 bits per heavy atom. The summed E-state index contributed by atoms with van der Waals surface area (Å²) in [4.78, 5) is 13.8. The van der Waals surface area contributed by atoms with E-state index in [0.29, 0.717) is 19.8 Å². The molecule has 0 aliphatic carbocycles. The molecule has 0 spiro atoms. The van der Waals surface area contributed by atoms with E-state index in [1.165, 1.54) is 0 Å². The van der Waals surface area contributed by atoms with Gasteiger partial charge < -0.3 is 19.7 Å². The summed E-state index contributed by atoms with van der Waals surface area (Å²) >= 11 is 0. The molecule has 1 amide bonds. The molecule has 0 aromatic heterocycles. The minimum Gasteiger partial charge on any atom is -0.379 e. The second kappa shape index (κ2) is 4.92. The van der Waals surface area contributed by atoms with Crippen LogP contribution in [0.2, 0.25) is 0 Å². The van der Waals surface area contributed by atoms with E-state index in [4.69, 9.17) is 9.47 Å². The van der Waals surface area contributed by atoms with Crippen LogP contribution in [0.5, 0.6) is 0 Å². The highest BCUT2D eigenvalue weighted by Crippen LogP contribution is 2.13. The number of hydrogen-bond donors (Lipinski definition) is 1. The minimum absolute atomic E-state index is 0.0673. The quantitative estimate of drug-likeness (QED) is 0.655. The third-order valence-corrected chi connectivity index (χ3v) is 3.00. The van der Waals surface area contributed by atoms with E-state index in [-0.39, 0.29) is 18.1 Å². The van der Waals surface area contributed by atoms with Crippen molar-refractivity contribution in [1.82, 2.24) is 10.2 Å². The largest absolute Gasteiger partial charge is 0.379 e. The first-order valence-corrected chi connectivity index (χ1v) is 5.46. The number of ether oxygens (including phenoxy) is 2. The van der Waals surface area contributed by atoms with E-state index in [0.717, 1.165) is 19.6 Å². The number of hydrogen-bond acceptors (Lipinski definition) is 4. The molecular formula is C10H18N2O3. The van der Waals surface area contributed by atoms with Gasteiger partial charge in [0, 0.05) is 26.7 Å². The predicted molar refractivity (Wildman–Crippen MR) is 54.6 cm³/mol. The molecular weight excluding hydrogens is 196 g/mol. The zero-order valence-corrected chi connectivity index (χ0v) is 9.07. The first kappa shape index (κ1) is 10.9. The molecule has 0 bridgehead atoms. The van der Waals surface area contributed by atoms with Crippen molar-refractivity contribution in [1.29, 1.82) is 0 Å². The molecule has 0 saturated carbocycles. The van der Waals surface area contributed by atoms with Gasteiger partial charge in [-0.1, -0.05) is 0 Å². The molecule has 5 nitrogen and oxygen atoms in total. The summed E-state index contributed by atoms with van der Waals surface area (Å²) in [7, 11) is 1.83. The molecule has 0 radical (unpaired) electrons. The molecule has 2 atom stereocenters. The maximum absolute atomic E-state index is 12.0. The van der Waals surface area contributed by atoms with Crippen molar-refractivity contribution in [2.75, 3.05) is 40.0 Å². The molecule has 1 N–H and O–H groups in total. The lowest BCUT2D eigenvalue weighted by molar-refractivity contribution is -0.146. The number of carbonyl (C=O) groups is 1. The van der Waals surface area contributed by atoms with Crippen LogP contribution < -0.4 is 5.32 Å². The summed E-state index contributed by atoms with van der Waals surface area (Å²) in [5.74, 6) is 0.0673. The highest BCUT2D eigenvalue weighted by Gasteiger charge is 2.30. The number of carbonyl (C=O) groups excluding carboxylic acids is 1. The predicted octanol–water partition coefficient (Wildman–Crippen LogP) is -0.778. The van der Waals surface area contributed by atoms with Gasteiger partial charge in [-0.15, -0.1) is 0 Å². The summed E-state index contributed by atoms with van der Waals surface area (Å²) in [5.41, 5.74) is 0. The molecule has 86 valence electrons. The molecule has 5 heteroatoms. The highest BCUT2D eigenvalue weighted by molar-refractivity contribution is 5.81. The lowest BCUT2D eigenvalue weighted by Crippen LogP contribution is -2.51. The Kier molecular flexibility index (Phi) is 3.56. The highest BCUT2D eigenvalue weighted by atomic mass is 16.5. The molecule has 0 aromatic carbocycles. The van der Waals surface area contributed by atoms with Crippen molar-refractivity contribution in [2.24, 2.45) is 0 Å². The van der Waals surface area contributed by atoms with E-state index in [9.17, 15) is 4.79 Å². The number of amides is 1. The third-order valence-electron chi connectivity index (χ3n) is 3.00. The maximum Gasteiger partial charge on any atom is 0.253 e.